The molecular formula is C13H30N2S. The minimum Gasteiger partial charge on any atom is -0.316 e. The minimum absolute atomic E-state index is 0.673. The standard InChI is InChI=1S/C13H30N2S/c1-6-12(4)13(14-5)11-16-10-9-15(7-2)8-3/h12-14H,6-11H2,1-5H3. The van der Waals surface area contributed by atoms with Crippen molar-refractivity contribution in [3.05, 3.63) is 0 Å². The van der Waals surface area contributed by atoms with Crippen LogP contribution in [0.4, 0.5) is 0 Å². The van der Waals surface area contributed by atoms with Gasteiger partial charge in [-0.2, -0.15) is 11.8 Å². The molecule has 2 nitrogen and oxygen atoms in total. The molecule has 0 aliphatic heterocycles. The number of hydrogen-bond acceptors (Lipinski definition) is 3. The molecule has 2 unspecified atom stereocenters. The number of nitrogens with one attached hydrogen (secondary N) is 1. The van der Waals surface area contributed by atoms with E-state index < -0.39 is 0 Å². The summed E-state index contributed by atoms with van der Waals surface area (Å²) < 4.78 is 0. The summed E-state index contributed by atoms with van der Waals surface area (Å²) in [5.74, 6) is 3.29. The van der Waals surface area contributed by atoms with Gasteiger partial charge in [-0.15, -0.1) is 0 Å². The summed E-state index contributed by atoms with van der Waals surface area (Å²) in [6, 6.07) is 0.673. The minimum atomic E-state index is 0.673. The molecule has 0 saturated heterocycles. The lowest BCUT2D eigenvalue weighted by molar-refractivity contribution is 0.323. The summed E-state index contributed by atoms with van der Waals surface area (Å²) in [4.78, 5) is 2.49. The normalized spacial score (nSPS) is 15.4. The molecule has 0 aliphatic carbocycles. The van der Waals surface area contributed by atoms with E-state index in [0.717, 1.165) is 5.92 Å². The lowest BCUT2D eigenvalue weighted by Gasteiger charge is -2.23. The first-order chi connectivity index (χ1) is 7.69. The summed E-state index contributed by atoms with van der Waals surface area (Å²) in [5, 5.41) is 3.43. The highest BCUT2D eigenvalue weighted by Gasteiger charge is 2.13. The molecular weight excluding hydrogens is 216 g/mol. The van der Waals surface area contributed by atoms with Crippen LogP contribution in [0.25, 0.3) is 0 Å². The van der Waals surface area contributed by atoms with E-state index in [1.807, 2.05) is 0 Å². The summed E-state index contributed by atoms with van der Waals surface area (Å²) in [6.07, 6.45) is 1.27. The van der Waals surface area contributed by atoms with Crippen molar-refractivity contribution in [3.63, 3.8) is 0 Å². The van der Waals surface area contributed by atoms with Gasteiger partial charge in [0.15, 0.2) is 0 Å². The molecule has 3 heteroatoms. The van der Waals surface area contributed by atoms with Crippen molar-refractivity contribution >= 4 is 11.8 Å². The Bertz CT molecular complexity index is 149. The van der Waals surface area contributed by atoms with Gasteiger partial charge >= 0.3 is 0 Å². The van der Waals surface area contributed by atoms with Crippen molar-refractivity contribution in [2.75, 3.05) is 38.2 Å². The number of nitrogens with zero attached hydrogens (tertiary/aromatic N) is 1. The van der Waals surface area contributed by atoms with Crippen LogP contribution in [0.15, 0.2) is 0 Å². The van der Waals surface area contributed by atoms with E-state index in [-0.39, 0.29) is 0 Å². The first-order valence-electron chi connectivity index (χ1n) is 6.66. The third kappa shape index (κ3) is 6.77. The maximum absolute atomic E-state index is 3.43. The smallest absolute Gasteiger partial charge is 0.0180 e. The van der Waals surface area contributed by atoms with Crippen molar-refractivity contribution in [2.45, 2.75) is 40.2 Å². The molecule has 0 spiro atoms. The van der Waals surface area contributed by atoms with Crippen LogP contribution in [0, 0.1) is 5.92 Å². The Labute approximate surface area is 107 Å². The molecule has 0 aliphatic rings. The van der Waals surface area contributed by atoms with Crippen molar-refractivity contribution in [1.82, 2.24) is 10.2 Å². The fraction of sp³-hybridized carbons (Fsp3) is 1.00. The number of thioether (sulfide) groups is 1. The molecule has 0 aromatic heterocycles. The van der Waals surface area contributed by atoms with Crippen LogP contribution >= 0.6 is 11.8 Å². The molecule has 0 bridgehead atoms. The zero-order valence-electron chi connectivity index (χ0n) is 11.8. The van der Waals surface area contributed by atoms with Gasteiger partial charge < -0.3 is 10.2 Å². The average Bonchev–Trinajstić information content (AvgIpc) is 2.33. The quantitative estimate of drug-likeness (QED) is 0.597. The first kappa shape index (κ1) is 16.3. The van der Waals surface area contributed by atoms with E-state index in [1.54, 1.807) is 0 Å². The lowest BCUT2D eigenvalue weighted by Crippen LogP contribution is -2.34. The predicted molar refractivity (Wildman–Crippen MR) is 77.4 cm³/mol. The van der Waals surface area contributed by atoms with Crippen molar-refractivity contribution in [2.24, 2.45) is 5.92 Å². The van der Waals surface area contributed by atoms with Crippen LogP contribution in [-0.4, -0.2) is 49.1 Å². The Morgan fingerprint density at radius 1 is 1.19 bits per heavy atom. The van der Waals surface area contributed by atoms with Crippen molar-refractivity contribution in [3.8, 4) is 0 Å². The molecule has 0 heterocycles. The van der Waals surface area contributed by atoms with Crippen LogP contribution in [0.2, 0.25) is 0 Å². The van der Waals surface area contributed by atoms with Gasteiger partial charge in [0, 0.05) is 24.1 Å². The van der Waals surface area contributed by atoms with Gasteiger partial charge in [0.05, 0.1) is 0 Å². The summed E-state index contributed by atoms with van der Waals surface area (Å²) in [7, 11) is 2.09. The maximum atomic E-state index is 3.43. The van der Waals surface area contributed by atoms with Gasteiger partial charge in [0.2, 0.25) is 0 Å². The zero-order chi connectivity index (χ0) is 12.4. The third-order valence-corrected chi connectivity index (χ3v) is 4.51. The van der Waals surface area contributed by atoms with E-state index in [0.29, 0.717) is 6.04 Å². The number of hydrogen-bond donors (Lipinski definition) is 1. The third-order valence-electron chi connectivity index (χ3n) is 3.45. The van der Waals surface area contributed by atoms with E-state index in [9.17, 15) is 0 Å². The van der Waals surface area contributed by atoms with Crippen LogP contribution in [0.1, 0.15) is 34.1 Å². The van der Waals surface area contributed by atoms with Gasteiger partial charge in [-0.1, -0.05) is 34.1 Å². The van der Waals surface area contributed by atoms with Crippen molar-refractivity contribution in [1.29, 1.82) is 0 Å². The molecule has 0 radical (unpaired) electrons. The fourth-order valence-electron chi connectivity index (χ4n) is 1.76. The molecule has 0 aromatic rings. The highest BCUT2D eigenvalue weighted by molar-refractivity contribution is 7.99. The Morgan fingerprint density at radius 2 is 1.81 bits per heavy atom. The zero-order valence-corrected chi connectivity index (χ0v) is 12.6. The molecule has 0 fully saturated rings. The second kappa shape index (κ2) is 10.4. The molecule has 0 rings (SSSR count). The molecule has 0 amide bonds. The van der Waals surface area contributed by atoms with E-state index >= 15 is 0 Å². The highest BCUT2D eigenvalue weighted by Crippen LogP contribution is 2.13. The molecule has 1 N–H and O–H groups in total. The molecule has 98 valence electrons. The maximum Gasteiger partial charge on any atom is 0.0180 e. The second-order valence-corrected chi connectivity index (χ2v) is 5.53. The van der Waals surface area contributed by atoms with Crippen LogP contribution in [0.3, 0.4) is 0 Å². The summed E-state index contributed by atoms with van der Waals surface area (Å²) >= 11 is 2.08. The van der Waals surface area contributed by atoms with Crippen LogP contribution in [-0.2, 0) is 0 Å². The van der Waals surface area contributed by atoms with E-state index in [1.165, 1.54) is 37.6 Å². The fourth-order valence-corrected chi connectivity index (χ4v) is 3.06. The second-order valence-electron chi connectivity index (χ2n) is 4.38. The van der Waals surface area contributed by atoms with E-state index in [2.05, 4.69) is 56.7 Å². The van der Waals surface area contributed by atoms with Gasteiger partial charge in [-0.3, -0.25) is 0 Å². The highest BCUT2D eigenvalue weighted by atomic mass is 32.2. The Balaban J connectivity index is 3.62. The molecule has 0 saturated carbocycles. The Hall–Kier alpha value is 0.270. The van der Waals surface area contributed by atoms with Gasteiger partial charge in [0.1, 0.15) is 0 Å². The van der Waals surface area contributed by atoms with Crippen LogP contribution < -0.4 is 5.32 Å². The Kier molecular flexibility index (Phi) is 10.6. The SMILES string of the molecule is CCC(C)C(CSCCN(CC)CC)NC. The average molecular weight is 246 g/mol. The molecule has 0 aromatic carbocycles. The largest absolute Gasteiger partial charge is 0.316 e. The Morgan fingerprint density at radius 3 is 2.25 bits per heavy atom. The van der Waals surface area contributed by atoms with E-state index in [4.69, 9.17) is 0 Å². The van der Waals surface area contributed by atoms with Crippen LogP contribution in [0.5, 0.6) is 0 Å². The molecule has 16 heavy (non-hydrogen) atoms. The van der Waals surface area contributed by atoms with Gasteiger partial charge in [-0.25, -0.2) is 0 Å². The monoisotopic (exact) mass is 246 g/mol. The first-order valence-corrected chi connectivity index (χ1v) is 7.82. The van der Waals surface area contributed by atoms with Gasteiger partial charge in [0.25, 0.3) is 0 Å². The van der Waals surface area contributed by atoms with Crippen molar-refractivity contribution < 1.29 is 0 Å². The molecule has 2 atom stereocenters. The number of rotatable bonds is 10. The summed E-state index contributed by atoms with van der Waals surface area (Å²) in [5.41, 5.74) is 0. The summed E-state index contributed by atoms with van der Waals surface area (Å²) in [6.45, 7) is 12.7. The predicted octanol–water partition coefficient (Wildman–Crippen LogP) is 2.70. The topological polar surface area (TPSA) is 15.3 Å². The lowest BCUT2D eigenvalue weighted by atomic mass is 10.0. The van der Waals surface area contributed by atoms with Gasteiger partial charge in [-0.05, 0) is 26.1 Å².